The number of carbonyl (C=O) groups excluding carboxylic acids is 6. The van der Waals surface area contributed by atoms with Crippen LogP contribution in [0.25, 0.3) is 0 Å². The Balaban J connectivity index is 0.875. The standard InChI is InChI=1S/C32H28IO19/c1-2-33-52-32(40)18-8-7-17(47-18)31(39)51-22-12-44-25-21(11-43-26(22)25)50-30(38)16-6-5-15(46-16)29(37)49-20-10-42-23-19(9-41-24(20)23)48-28(36)14-4-3-13(45-14)27(34)35/h3-8,19-26H,2,9-12H2,1H3,(H,34,35)/q-1/p+1/t19-,20+,21+,22-,23?,24?,25?,26?/m0/s1. The van der Waals surface area contributed by atoms with Crippen molar-refractivity contribution in [2.75, 3.05) is 30.9 Å². The number of rotatable bonds is 12. The average Bonchev–Trinajstić information content (AvgIpc) is 3.97. The molecule has 19 nitrogen and oxygen atoms in total. The van der Waals surface area contributed by atoms with Crippen LogP contribution in [-0.2, 0) is 41.0 Å². The van der Waals surface area contributed by atoms with Crippen LogP contribution in [0.1, 0.15) is 70.3 Å². The molecule has 4 aliphatic rings. The summed E-state index contributed by atoms with van der Waals surface area (Å²) < 4.78 is 66.2. The second kappa shape index (κ2) is 15.1. The van der Waals surface area contributed by atoms with E-state index in [0.717, 1.165) is 4.43 Å². The zero-order valence-electron chi connectivity index (χ0n) is 26.8. The molecule has 7 rings (SSSR count). The van der Waals surface area contributed by atoms with Gasteiger partial charge in [-0.05, 0) is 24.3 Å². The first-order valence-electron chi connectivity index (χ1n) is 15.8. The van der Waals surface area contributed by atoms with Crippen molar-refractivity contribution >= 4 is 35.8 Å². The predicted molar refractivity (Wildman–Crippen MR) is 156 cm³/mol. The Bertz CT molecular complexity index is 1860. The molecule has 4 unspecified atom stereocenters. The molecule has 278 valence electrons. The maximum atomic E-state index is 12.9. The minimum absolute atomic E-state index is 0.0538. The molecule has 4 aliphatic heterocycles. The first-order chi connectivity index (χ1) is 25.1. The molecule has 0 radical (unpaired) electrons. The van der Waals surface area contributed by atoms with Gasteiger partial charge in [0.15, 0.2) is 12.2 Å². The van der Waals surface area contributed by atoms with Crippen molar-refractivity contribution in [3.05, 3.63) is 71.0 Å². The molecule has 8 atom stereocenters. The van der Waals surface area contributed by atoms with Crippen molar-refractivity contribution < 1.29 is 110 Å². The van der Waals surface area contributed by atoms with Crippen LogP contribution in [0.2, 0.25) is 0 Å². The van der Waals surface area contributed by atoms with Crippen LogP contribution >= 0.6 is 0 Å². The summed E-state index contributed by atoms with van der Waals surface area (Å²) in [7, 11) is 0. The van der Waals surface area contributed by atoms with Crippen molar-refractivity contribution in [3.63, 3.8) is 0 Å². The Morgan fingerprint density at radius 1 is 0.538 bits per heavy atom. The molecule has 0 aliphatic carbocycles. The van der Waals surface area contributed by atoms with E-state index in [1.807, 2.05) is 6.92 Å². The summed E-state index contributed by atoms with van der Waals surface area (Å²) in [5.74, 6) is -6.85. The second-order valence-corrected chi connectivity index (χ2v) is 14.1. The van der Waals surface area contributed by atoms with Crippen molar-refractivity contribution in [1.29, 1.82) is 0 Å². The van der Waals surface area contributed by atoms with E-state index in [9.17, 15) is 28.8 Å². The van der Waals surface area contributed by atoms with Gasteiger partial charge in [-0.15, -0.1) is 0 Å². The first-order valence-corrected chi connectivity index (χ1v) is 18.2. The molecule has 0 spiro atoms. The third kappa shape index (κ3) is 7.28. The molecular weight excluding hydrogens is 815 g/mol. The van der Waals surface area contributed by atoms with E-state index in [0.29, 0.717) is 0 Å². The third-order valence-electron chi connectivity index (χ3n) is 8.24. The number of esters is 4. The van der Waals surface area contributed by atoms with Crippen molar-refractivity contribution in [1.82, 2.24) is 0 Å². The number of furan rings is 3. The van der Waals surface area contributed by atoms with E-state index >= 15 is 0 Å². The number of alkyl halides is 1. The summed E-state index contributed by atoms with van der Waals surface area (Å²) >= 11 is -0.758. The Morgan fingerprint density at radius 2 is 0.827 bits per heavy atom. The Kier molecular flexibility index (Phi) is 10.3. The van der Waals surface area contributed by atoms with E-state index < -0.39 is 106 Å². The maximum absolute atomic E-state index is 12.9. The second-order valence-electron chi connectivity index (χ2n) is 11.5. The van der Waals surface area contributed by atoms with Crippen molar-refractivity contribution in [2.24, 2.45) is 0 Å². The number of hydrogen-bond donors (Lipinski definition) is 0. The van der Waals surface area contributed by atoms with Crippen LogP contribution in [-0.4, -0.2) is 121 Å². The Labute approximate surface area is 302 Å². The molecular formula is C32H29IO19. The summed E-state index contributed by atoms with van der Waals surface area (Å²) in [6.07, 6.45) is -6.58. The fraction of sp³-hybridized carbons (Fsp3) is 0.438. The van der Waals surface area contributed by atoms with Gasteiger partial charge in [-0.1, -0.05) is 0 Å². The summed E-state index contributed by atoms with van der Waals surface area (Å²) in [6.45, 7) is 1.60. The molecule has 4 fully saturated rings. The molecule has 4 saturated heterocycles. The number of fused-ring (bicyclic) bond motifs is 2. The fourth-order valence-corrected chi connectivity index (χ4v) is 6.68. The van der Waals surface area contributed by atoms with Crippen LogP contribution in [0.5, 0.6) is 0 Å². The summed E-state index contributed by atoms with van der Waals surface area (Å²) in [5, 5.41) is 7.06. The van der Waals surface area contributed by atoms with Gasteiger partial charge >= 0.3 is 166 Å². The van der Waals surface area contributed by atoms with Crippen LogP contribution in [0.4, 0.5) is 0 Å². The van der Waals surface area contributed by atoms with Crippen molar-refractivity contribution in [2.45, 2.75) is 55.8 Å². The third-order valence-corrected chi connectivity index (χ3v) is 9.57. The van der Waals surface area contributed by atoms with Crippen LogP contribution < -0.4 is 21.6 Å². The summed E-state index contributed by atoms with van der Waals surface area (Å²) in [6, 6.07) is 7.46. The van der Waals surface area contributed by atoms with Gasteiger partial charge in [0, 0.05) is 0 Å². The Morgan fingerprint density at radius 3 is 1.12 bits per heavy atom. The van der Waals surface area contributed by atoms with Gasteiger partial charge in [-0.25, -0.2) is 14.4 Å². The molecule has 20 heteroatoms. The molecule has 3 aromatic rings. The molecule has 3 aromatic heterocycles. The fourth-order valence-electron chi connectivity index (χ4n) is 5.87. The van der Waals surface area contributed by atoms with E-state index in [4.69, 9.17) is 59.3 Å². The zero-order valence-corrected chi connectivity index (χ0v) is 29.0. The van der Waals surface area contributed by atoms with E-state index in [1.54, 1.807) is 0 Å². The summed E-state index contributed by atoms with van der Waals surface area (Å²) in [4.78, 5) is 74.1. The Hall–Kier alpha value is -4.77. The number of halogens is 1. The van der Waals surface area contributed by atoms with Gasteiger partial charge < -0.3 is 32.9 Å². The molecule has 2 N–H and O–H groups in total. The zero-order chi connectivity index (χ0) is 36.5. The van der Waals surface area contributed by atoms with Crippen LogP contribution in [0, 0.1) is 0 Å². The van der Waals surface area contributed by atoms with Gasteiger partial charge in [0.1, 0.15) is 12.2 Å². The molecule has 0 bridgehead atoms. The average molecular weight is 844 g/mol. The van der Waals surface area contributed by atoms with E-state index in [1.165, 1.54) is 36.4 Å². The van der Waals surface area contributed by atoms with E-state index in [2.05, 4.69) is 0 Å². The van der Waals surface area contributed by atoms with Gasteiger partial charge in [0.05, 0.1) is 18.0 Å². The molecule has 0 amide bonds. The first kappa shape index (κ1) is 35.6. The van der Waals surface area contributed by atoms with Crippen LogP contribution in [0.15, 0.2) is 49.6 Å². The monoisotopic (exact) mass is 844 g/mol. The predicted octanol–water partition coefficient (Wildman–Crippen LogP) is -2.39. The van der Waals surface area contributed by atoms with E-state index in [-0.39, 0.29) is 61.0 Å². The molecule has 0 saturated carbocycles. The van der Waals surface area contributed by atoms with Gasteiger partial charge in [0.25, 0.3) is 5.76 Å². The minimum atomic E-state index is -1.10. The molecule has 7 heterocycles. The normalized spacial score (nSPS) is 27.5. The molecule has 0 aromatic carbocycles. The number of carbonyl (C=O) groups is 6. The number of hydrogen-bond acceptors (Lipinski definition) is 18. The van der Waals surface area contributed by atoms with Crippen LogP contribution in [0.3, 0.4) is 0 Å². The van der Waals surface area contributed by atoms with Crippen molar-refractivity contribution in [3.8, 4) is 0 Å². The van der Waals surface area contributed by atoms with Gasteiger partial charge in [-0.2, -0.15) is 0 Å². The summed E-state index contributed by atoms with van der Waals surface area (Å²) in [5.41, 5.74) is 0. The topological polar surface area (TPSA) is 248 Å². The van der Waals surface area contributed by atoms with Gasteiger partial charge in [0.2, 0.25) is 17.3 Å². The number of ether oxygens (including phenoxy) is 8. The SMILES string of the molecule is CC[I-]OC(=O)c1ccc(C(=O)O[C@H]2COC3C2OC[C@H]3OC(=O)c2ccc(C(=O)O[C@@H]3COC4C3OC[C@@H]4OC(=O)c3ccc(C(=O)[OH2+])o3)o2)o1. The van der Waals surface area contributed by atoms with Gasteiger partial charge in [-0.3, -0.25) is 0 Å². The quantitative estimate of drug-likeness (QED) is 0.0607. The molecule has 52 heavy (non-hydrogen) atoms.